The maximum Gasteiger partial charge on any atom is 0.254 e. The Morgan fingerprint density at radius 1 is 1.40 bits per heavy atom. The summed E-state index contributed by atoms with van der Waals surface area (Å²) in [4.78, 5) is 25.6. The number of fused-ring (bicyclic) bond motifs is 1. The van der Waals surface area contributed by atoms with Gasteiger partial charge in [-0.05, 0) is 37.1 Å². The third-order valence-electron chi connectivity index (χ3n) is 3.78. The van der Waals surface area contributed by atoms with E-state index in [-0.39, 0.29) is 17.9 Å². The number of anilines is 1. The lowest BCUT2D eigenvalue weighted by Crippen LogP contribution is -2.44. The molecule has 0 saturated carbocycles. The van der Waals surface area contributed by atoms with Gasteiger partial charge in [-0.2, -0.15) is 0 Å². The summed E-state index contributed by atoms with van der Waals surface area (Å²) < 4.78 is 5.46. The zero-order valence-corrected chi connectivity index (χ0v) is 11.5. The normalized spacial score (nSPS) is 22.1. The minimum atomic E-state index is 0.0404. The first-order valence-corrected chi connectivity index (χ1v) is 6.97. The SMILES string of the molecule is CC1CN(C(=O)c2ccc3c(c2)CCC(=O)N3)CCO1. The second-order valence-corrected chi connectivity index (χ2v) is 5.35. The molecule has 1 fully saturated rings. The van der Waals surface area contributed by atoms with Crippen LogP contribution < -0.4 is 5.32 Å². The number of hydrogen-bond donors (Lipinski definition) is 1. The van der Waals surface area contributed by atoms with Crippen LogP contribution in [0.25, 0.3) is 0 Å². The molecule has 1 unspecified atom stereocenters. The molecule has 0 spiro atoms. The van der Waals surface area contributed by atoms with Gasteiger partial charge in [0.25, 0.3) is 5.91 Å². The second-order valence-electron chi connectivity index (χ2n) is 5.35. The Kier molecular flexibility index (Phi) is 3.44. The van der Waals surface area contributed by atoms with E-state index in [1.807, 2.05) is 24.0 Å². The van der Waals surface area contributed by atoms with E-state index < -0.39 is 0 Å². The smallest absolute Gasteiger partial charge is 0.254 e. The number of nitrogens with one attached hydrogen (secondary N) is 1. The van der Waals surface area contributed by atoms with Gasteiger partial charge in [0.1, 0.15) is 0 Å². The van der Waals surface area contributed by atoms with E-state index in [0.29, 0.717) is 38.1 Å². The number of aryl methyl sites for hydroxylation is 1. The molecule has 2 amide bonds. The fraction of sp³-hybridized carbons (Fsp3) is 0.467. The van der Waals surface area contributed by atoms with Gasteiger partial charge in [0, 0.05) is 30.8 Å². The van der Waals surface area contributed by atoms with Gasteiger partial charge in [-0.25, -0.2) is 0 Å². The van der Waals surface area contributed by atoms with E-state index in [0.717, 1.165) is 11.3 Å². The highest BCUT2D eigenvalue weighted by Crippen LogP contribution is 2.24. The fourth-order valence-electron chi connectivity index (χ4n) is 2.70. The number of carbonyl (C=O) groups is 2. The van der Waals surface area contributed by atoms with Crippen LogP contribution in [0, 0.1) is 0 Å². The Bertz CT molecular complexity index is 556. The molecular weight excluding hydrogens is 256 g/mol. The monoisotopic (exact) mass is 274 g/mol. The van der Waals surface area contributed by atoms with Gasteiger partial charge in [-0.1, -0.05) is 0 Å². The first-order chi connectivity index (χ1) is 9.63. The van der Waals surface area contributed by atoms with E-state index >= 15 is 0 Å². The van der Waals surface area contributed by atoms with Crippen molar-refractivity contribution in [1.29, 1.82) is 0 Å². The van der Waals surface area contributed by atoms with Crippen LogP contribution in [0.4, 0.5) is 5.69 Å². The summed E-state index contributed by atoms with van der Waals surface area (Å²) in [5.41, 5.74) is 2.55. The molecule has 20 heavy (non-hydrogen) atoms. The molecule has 1 saturated heterocycles. The van der Waals surface area contributed by atoms with E-state index in [1.54, 1.807) is 6.07 Å². The highest BCUT2D eigenvalue weighted by Gasteiger charge is 2.23. The molecule has 0 bridgehead atoms. The van der Waals surface area contributed by atoms with Gasteiger partial charge in [0.05, 0.1) is 12.7 Å². The molecule has 3 rings (SSSR count). The Hall–Kier alpha value is -1.88. The van der Waals surface area contributed by atoms with Crippen LogP contribution in [-0.4, -0.2) is 42.5 Å². The Morgan fingerprint density at radius 3 is 3.05 bits per heavy atom. The zero-order valence-electron chi connectivity index (χ0n) is 11.5. The molecule has 0 radical (unpaired) electrons. The van der Waals surface area contributed by atoms with Gasteiger partial charge >= 0.3 is 0 Å². The predicted molar refractivity (Wildman–Crippen MR) is 74.7 cm³/mol. The van der Waals surface area contributed by atoms with Gasteiger partial charge in [0.15, 0.2) is 0 Å². The molecule has 0 aromatic heterocycles. The fourth-order valence-corrected chi connectivity index (χ4v) is 2.70. The topological polar surface area (TPSA) is 58.6 Å². The summed E-state index contributed by atoms with van der Waals surface area (Å²) in [5.74, 6) is 0.0819. The molecule has 2 aliphatic heterocycles. The van der Waals surface area contributed by atoms with E-state index in [1.165, 1.54) is 0 Å². The first-order valence-electron chi connectivity index (χ1n) is 6.97. The van der Waals surface area contributed by atoms with Gasteiger partial charge < -0.3 is 15.0 Å². The van der Waals surface area contributed by atoms with E-state index in [2.05, 4.69) is 5.32 Å². The highest BCUT2D eigenvalue weighted by atomic mass is 16.5. The Balaban J connectivity index is 1.80. The average Bonchev–Trinajstić information content (AvgIpc) is 2.46. The number of benzene rings is 1. The molecular formula is C15H18N2O3. The lowest BCUT2D eigenvalue weighted by atomic mass is 10.00. The summed E-state index contributed by atoms with van der Waals surface area (Å²) in [6.07, 6.45) is 1.27. The summed E-state index contributed by atoms with van der Waals surface area (Å²) in [6, 6.07) is 5.51. The summed E-state index contributed by atoms with van der Waals surface area (Å²) in [6.45, 7) is 3.83. The lowest BCUT2D eigenvalue weighted by molar-refractivity contribution is -0.116. The minimum absolute atomic E-state index is 0.0404. The highest BCUT2D eigenvalue weighted by molar-refractivity contribution is 5.98. The number of amides is 2. The van der Waals surface area contributed by atoms with E-state index in [4.69, 9.17) is 4.74 Å². The average molecular weight is 274 g/mol. The van der Waals surface area contributed by atoms with Crippen molar-refractivity contribution in [3.05, 3.63) is 29.3 Å². The van der Waals surface area contributed by atoms with Crippen molar-refractivity contribution in [1.82, 2.24) is 4.90 Å². The number of rotatable bonds is 1. The van der Waals surface area contributed by atoms with Crippen LogP contribution in [-0.2, 0) is 16.0 Å². The molecule has 1 aromatic carbocycles. The van der Waals surface area contributed by atoms with Crippen molar-refractivity contribution in [2.45, 2.75) is 25.9 Å². The number of carbonyl (C=O) groups excluding carboxylic acids is 2. The van der Waals surface area contributed by atoms with Crippen LogP contribution in [0.3, 0.4) is 0 Å². The molecule has 5 heteroatoms. The van der Waals surface area contributed by atoms with E-state index in [9.17, 15) is 9.59 Å². The molecule has 1 aromatic rings. The zero-order chi connectivity index (χ0) is 14.1. The quantitative estimate of drug-likeness (QED) is 0.843. The number of ether oxygens (including phenoxy) is 1. The Morgan fingerprint density at radius 2 is 2.25 bits per heavy atom. The molecule has 0 aliphatic carbocycles. The van der Waals surface area contributed by atoms with Gasteiger partial charge in [-0.15, -0.1) is 0 Å². The predicted octanol–water partition coefficient (Wildman–Crippen LogP) is 1.43. The number of morpholine rings is 1. The minimum Gasteiger partial charge on any atom is -0.375 e. The van der Waals surface area contributed by atoms with Crippen LogP contribution in [0.2, 0.25) is 0 Å². The summed E-state index contributed by atoms with van der Waals surface area (Å²) >= 11 is 0. The summed E-state index contributed by atoms with van der Waals surface area (Å²) in [5, 5.41) is 2.83. The number of hydrogen-bond acceptors (Lipinski definition) is 3. The Labute approximate surface area is 117 Å². The van der Waals surface area contributed by atoms with Crippen molar-refractivity contribution in [3.63, 3.8) is 0 Å². The standard InChI is InChI=1S/C15H18N2O3/c1-10-9-17(6-7-20-10)15(19)12-2-4-13-11(8-12)3-5-14(18)16-13/h2,4,8,10H,3,5-7,9H2,1H3,(H,16,18). The van der Waals surface area contributed by atoms with Gasteiger partial charge in [0.2, 0.25) is 5.91 Å². The molecule has 5 nitrogen and oxygen atoms in total. The van der Waals surface area contributed by atoms with Crippen molar-refractivity contribution < 1.29 is 14.3 Å². The molecule has 2 heterocycles. The molecule has 106 valence electrons. The second kappa shape index (κ2) is 5.25. The molecule has 1 atom stereocenters. The maximum absolute atomic E-state index is 12.5. The molecule has 1 N–H and O–H groups in total. The van der Waals surface area contributed by atoms with Crippen LogP contribution in [0.5, 0.6) is 0 Å². The molecule has 2 aliphatic rings. The largest absolute Gasteiger partial charge is 0.375 e. The third kappa shape index (κ3) is 2.54. The van der Waals surface area contributed by atoms with Crippen LogP contribution >= 0.6 is 0 Å². The third-order valence-corrected chi connectivity index (χ3v) is 3.78. The summed E-state index contributed by atoms with van der Waals surface area (Å²) in [7, 11) is 0. The number of nitrogens with zero attached hydrogens (tertiary/aromatic N) is 1. The van der Waals surface area contributed by atoms with Crippen molar-refractivity contribution >= 4 is 17.5 Å². The van der Waals surface area contributed by atoms with Crippen LogP contribution in [0.15, 0.2) is 18.2 Å². The van der Waals surface area contributed by atoms with Crippen LogP contribution in [0.1, 0.15) is 29.3 Å². The lowest BCUT2D eigenvalue weighted by Gasteiger charge is -2.31. The first kappa shape index (κ1) is 13.1. The van der Waals surface area contributed by atoms with Crippen molar-refractivity contribution in [3.8, 4) is 0 Å². The van der Waals surface area contributed by atoms with Crippen molar-refractivity contribution in [2.24, 2.45) is 0 Å². The van der Waals surface area contributed by atoms with Gasteiger partial charge in [-0.3, -0.25) is 9.59 Å². The maximum atomic E-state index is 12.5. The van der Waals surface area contributed by atoms with Crippen molar-refractivity contribution in [2.75, 3.05) is 25.0 Å².